The van der Waals surface area contributed by atoms with Crippen LogP contribution in [-0.4, -0.2) is 39.0 Å². The van der Waals surface area contributed by atoms with Crippen LogP contribution in [0.2, 0.25) is 0 Å². The van der Waals surface area contributed by atoms with Crippen molar-refractivity contribution < 1.29 is 18.9 Å². The molecular formula is C24H46O4. The highest BCUT2D eigenvalue weighted by Crippen LogP contribution is 2.40. The minimum absolute atomic E-state index is 0.184. The van der Waals surface area contributed by atoms with E-state index < -0.39 is 0 Å². The van der Waals surface area contributed by atoms with Crippen LogP contribution in [0.1, 0.15) is 105 Å². The lowest BCUT2D eigenvalue weighted by molar-refractivity contribution is -0.352. The molecule has 0 aromatic rings. The zero-order valence-corrected chi connectivity index (χ0v) is 19.1. The Balaban J connectivity index is 1.85. The number of hydrogen-bond acceptors (Lipinski definition) is 4. The zero-order chi connectivity index (χ0) is 20.3. The molecule has 0 aromatic heterocycles. The van der Waals surface area contributed by atoms with Crippen molar-refractivity contribution in [2.24, 2.45) is 10.8 Å². The van der Waals surface area contributed by atoms with Gasteiger partial charge in [0.05, 0.1) is 26.4 Å². The first-order valence-electron chi connectivity index (χ1n) is 12.1. The van der Waals surface area contributed by atoms with Crippen molar-refractivity contribution in [3.8, 4) is 0 Å². The van der Waals surface area contributed by atoms with Crippen LogP contribution in [0.15, 0.2) is 0 Å². The fraction of sp³-hybridized carbons (Fsp3) is 1.00. The smallest absolute Gasteiger partial charge is 0.209 e. The molecule has 0 radical (unpaired) electrons. The van der Waals surface area contributed by atoms with Gasteiger partial charge < -0.3 is 18.9 Å². The Morgan fingerprint density at radius 1 is 0.500 bits per heavy atom. The van der Waals surface area contributed by atoms with E-state index in [9.17, 15) is 0 Å². The van der Waals surface area contributed by atoms with E-state index in [-0.39, 0.29) is 23.4 Å². The van der Waals surface area contributed by atoms with E-state index in [1.54, 1.807) is 0 Å². The van der Waals surface area contributed by atoms with Gasteiger partial charge in [0.2, 0.25) is 12.6 Å². The molecule has 4 nitrogen and oxygen atoms in total. The molecule has 2 rings (SSSR count). The molecule has 2 heterocycles. The van der Waals surface area contributed by atoms with Crippen molar-refractivity contribution in [1.82, 2.24) is 0 Å². The SMILES string of the molecule is CCCCC1(CCCC)COC(C2OCC(CCCC)(CCCC)CO2)OC1. The second kappa shape index (κ2) is 12.5. The van der Waals surface area contributed by atoms with Crippen LogP contribution in [0.5, 0.6) is 0 Å². The van der Waals surface area contributed by atoms with Crippen molar-refractivity contribution in [1.29, 1.82) is 0 Å². The highest BCUT2D eigenvalue weighted by molar-refractivity contribution is 4.85. The van der Waals surface area contributed by atoms with Gasteiger partial charge in [-0.2, -0.15) is 0 Å². The molecule has 0 aliphatic carbocycles. The quantitative estimate of drug-likeness (QED) is 0.356. The van der Waals surface area contributed by atoms with Crippen LogP contribution in [0, 0.1) is 10.8 Å². The highest BCUT2D eigenvalue weighted by Gasteiger charge is 2.43. The van der Waals surface area contributed by atoms with Crippen LogP contribution in [0.4, 0.5) is 0 Å². The topological polar surface area (TPSA) is 36.9 Å². The molecule has 0 unspecified atom stereocenters. The molecular weight excluding hydrogens is 352 g/mol. The van der Waals surface area contributed by atoms with E-state index in [2.05, 4.69) is 27.7 Å². The lowest BCUT2D eigenvalue weighted by Gasteiger charge is -2.46. The summed E-state index contributed by atoms with van der Waals surface area (Å²) in [6.45, 7) is 12.1. The maximum Gasteiger partial charge on any atom is 0.209 e. The number of rotatable bonds is 13. The summed E-state index contributed by atoms with van der Waals surface area (Å²) in [5.41, 5.74) is 0.367. The zero-order valence-electron chi connectivity index (χ0n) is 19.1. The first kappa shape index (κ1) is 24.1. The Kier molecular flexibility index (Phi) is 10.8. The summed E-state index contributed by atoms with van der Waals surface area (Å²) >= 11 is 0. The van der Waals surface area contributed by atoms with Gasteiger partial charge in [-0.15, -0.1) is 0 Å². The fourth-order valence-electron chi connectivity index (χ4n) is 4.56. The van der Waals surface area contributed by atoms with Crippen LogP contribution in [-0.2, 0) is 18.9 Å². The van der Waals surface area contributed by atoms with E-state index >= 15 is 0 Å². The Hall–Kier alpha value is -0.160. The Morgan fingerprint density at radius 2 is 0.750 bits per heavy atom. The first-order chi connectivity index (χ1) is 13.6. The monoisotopic (exact) mass is 398 g/mol. The fourth-order valence-corrected chi connectivity index (χ4v) is 4.56. The molecule has 2 saturated heterocycles. The summed E-state index contributed by atoms with van der Waals surface area (Å²) in [4.78, 5) is 0. The van der Waals surface area contributed by atoms with Gasteiger partial charge in [-0.25, -0.2) is 0 Å². The van der Waals surface area contributed by atoms with Crippen molar-refractivity contribution >= 4 is 0 Å². The van der Waals surface area contributed by atoms with Gasteiger partial charge >= 0.3 is 0 Å². The second-order valence-electron chi connectivity index (χ2n) is 9.40. The van der Waals surface area contributed by atoms with E-state index in [0.717, 1.165) is 26.4 Å². The molecule has 2 aliphatic rings. The Labute approximate surface area is 174 Å². The van der Waals surface area contributed by atoms with Crippen LogP contribution in [0.3, 0.4) is 0 Å². The average Bonchev–Trinajstić information content (AvgIpc) is 2.75. The molecule has 166 valence electrons. The third kappa shape index (κ3) is 6.97. The molecule has 0 N–H and O–H groups in total. The molecule has 0 amide bonds. The molecule has 0 bridgehead atoms. The van der Waals surface area contributed by atoms with Crippen LogP contribution >= 0.6 is 0 Å². The van der Waals surface area contributed by atoms with Gasteiger partial charge in [0.15, 0.2) is 0 Å². The Morgan fingerprint density at radius 3 is 0.964 bits per heavy atom. The van der Waals surface area contributed by atoms with E-state index in [1.807, 2.05) is 0 Å². The van der Waals surface area contributed by atoms with Crippen LogP contribution < -0.4 is 0 Å². The predicted molar refractivity (Wildman–Crippen MR) is 114 cm³/mol. The predicted octanol–water partition coefficient (Wildman–Crippen LogP) is 6.47. The van der Waals surface area contributed by atoms with Crippen molar-refractivity contribution in [3.05, 3.63) is 0 Å². The average molecular weight is 399 g/mol. The summed E-state index contributed by atoms with van der Waals surface area (Å²) in [7, 11) is 0. The molecule has 0 atom stereocenters. The van der Waals surface area contributed by atoms with Crippen molar-refractivity contribution in [2.45, 2.75) is 117 Å². The lowest BCUT2D eigenvalue weighted by Crippen LogP contribution is -2.52. The number of ether oxygens (including phenoxy) is 4. The maximum atomic E-state index is 6.19. The Bertz CT molecular complexity index is 337. The molecule has 4 heteroatoms. The maximum absolute atomic E-state index is 6.19. The number of hydrogen-bond donors (Lipinski definition) is 0. The van der Waals surface area contributed by atoms with E-state index in [0.29, 0.717) is 0 Å². The molecule has 28 heavy (non-hydrogen) atoms. The summed E-state index contributed by atoms with van der Waals surface area (Å²) < 4.78 is 24.7. The molecule has 2 aliphatic heterocycles. The normalized spacial score (nSPS) is 23.1. The second-order valence-corrected chi connectivity index (χ2v) is 9.40. The van der Waals surface area contributed by atoms with Gasteiger partial charge in [0, 0.05) is 10.8 Å². The minimum Gasteiger partial charge on any atom is -0.347 e. The molecule has 0 spiro atoms. The third-order valence-corrected chi connectivity index (χ3v) is 6.68. The van der Waals surface area contributed by atoms with Crippen molar-refractivity contribution in [2.75, 3.05) is 26.4 Å². The van der Waals surface area contributed by atoms with Gasteiger partial charge in [-0.05, 0) is 25.7 Å². The highest BCUT2D eigenvalue weighted by atomic mass is 16.8. The lowest BCUT2D eigenvalue weighted by atomic mass is 9.79. The summed E-state index contributed by atoms with van der Waals surface area (Å²) in [5.74, 6) is 0. The van der Waals surface area contributed by atoms with E-state index in [4.69, 9.17) is 18.9 Å². The molecule has 2 fully saturated rings. The minimum atomic E-state index is -0.369. The van der Waals surface area contributed by atoms with Gasteiger partial charge in [-0.1, -0.05) is 79.1 Å². The standard InChI is InChI=1S/C24H46O4/c1-5-9-13-23(14-10-6-2)17-25-21(26-18-23)22-27-19-24(20-28-22,15-11-7-3)16-12-8-4/h21-22H,5-20H2,1-4H3. The largest absolute Gasteiger partial charge is 0.347 e. The summed E-state index contributed by atoms with van der Waals surface area (Å²) in [6.07, 6.45) is 13.9. The molecule has 0 aromatic carbocycles. The van der Waals surface area contributed by atoms with E-state index in [1.165, 1.54) is 77.0 Å². The van der Waals surface area contributed by atoms with Gasteiger partial charge in [-0.3, -0.25) is 0 Å². The van der Waals surface area contributed by atoms with Gasteiger partial charge in [0.25, 0.3) is 0 Å². The van der Waals surface area contributed by atoms with Gasteiger partial charge in [0.1, 0.15) is 0 Å². The summed E-state index contributed by atoms with van der Waals surface area (Å²) in [5, 5.41) is 0. The number of unbranched alkanes of at least 4 members (excludes halogenated alkanes) is 4. The molecule has 0 saturated carbocycles. The third-order valence-electron chi connectivity index (χ3n) is 6.68. The first-order valence-corrected chi connectivity index (χ1v) is 12.1. The van der Waals surface area contributed by atoms with Crippen LogP contribution in [0.25, 0.3) is 0 Å². The van der Waals surface area contributed by atoms with Crippen molar-refractivity contribution in [3.63, 3.8) is 0 Å². The summed E-state index contributed by atoms with van der Waals surface area (Å²) in [6, 6.07) is 0.